The van der Waals surface area contributed by atoms with E-state index in [1.54, 1.807) is 0 Å². The lowest BCUT2D eigenvalue weighted by atomic mass is 10.1. The summed E-state index contributed by atoms with van der Waals surface area (Å²) in [6.45, 7) is 2.00. The lowest BCUT2D eigenvalue weighted by molar-refractivity contribution is -0.151. The van der Waals surface area contributed by atoms with Gasteiger partial charge >= 0.3 is 5.97 Å². The second-order valence-corrected chi connectivity index (χ2v) is 8.44. The standard InChI is InChI=1S/C24H44O6/c1-2-3-4-5-6-7-8-9-10-11-12-13-14-15-16-17-22(27)29-19-21(26)24-23(28)20(25)18-30-24/h9-10,20-21,23-26,28H,2-8,11-19H2,1H3/b10-9+/t20-,21+,23+,24+/m0/s1. The Kier molecular flexibility index (Phi) is 16.0. The number of allylic oxidation sites excluding steroid dienone is 2. The first-order valence-electron chi connectivity index (χ1n) is 12.0. The van der Waals surface area contributed by atoms with Gasteiger partial charge in [0.25, 0.3) is 0 Å². The maximum Gasteiger partial charge on any atom is 0.305 e. The molecule has 1 aliphatic heterocycles. The van der Waals surface area contributed by atoms with Crippen LogP contribution in [-0.4, -0.2) is 58.9 Å². The van der Waals surface area contributed by atoms with Crippen LogP contribution in [0.4, 0.5) is 0 Å². The van der Waals surface area contributed by atoms with Gasteiger partial charge in [-0.1, -0.05) is 70.4 Å². The molecule has 4 atom stereocenters. The lowest BCUT2D eigenvalue weighted by Crippen LogP contribution is -2.41. The predicted octanol–water partition coefficient (Wildman–Crippen LogP) is 4.05. The average Bonchev–Trinajstić information content (AvgIpc) is 3.07. The Morgan fingerprint density at radius 3 is 2.10 bits per heavy atom. The van der Waals surface area contributed by atoms with Gasteiger partial charge in [-0.3, -0.25) is 4.79 Å². The summed E-state index contributed by atoms with van der Waals surface area (Å²) in [5.74, 6) is -0.347. The summed E-state index contributed by atoms with van der Waals surface area (Å²) in [5.41, 5.74) is 0. The molecule has 0 radical (unpaired) electrons. The van der Waals surface area contributed by atoms with Crippen molar-refractivity contribution in [2.75, 3.05) is 13.2 Å². The number of aliphatic hydroxyl groups excluding tert-OH is 3. The Bertz CT molecular complexity index is 453. The molecule has 1 heterocycles. The molecule has 30 heavy (non-hydrogen) atoms. The van der Waals surface area contributed by atoms with Crippen molar-refractivity contribution < 1.29 is 29.6 Å². The molecule has 3 N–H and O–H groups in total. The maximum atomic E-state index is 11.7. The molecule has 1 rings (SSSR count). The van der Waals surface area contributed by atoms with Crippen molar-refractivity contribution in [2.24, 2.45) is 0 Å². The van der Waals surface area contributed by atoms with Gasteiger partial charge in [0.2, 0.25) is 0 Å². The van der Waals surface area contributed by atoms with Crippen LogP contribution in [0.2, 0.25) is 0 Å². The topological polar surface area (TPSA) is 96.2 Å². The zero-order chi connectivity index (χ0) is 22.0. The minimum absolute atomic E-state index is 0.0221. The average molecular weight is 429 g/mol. The quantitative estimate of drug-likeness (QED) is 0.173. The summed E-state index contributed by atoms with van der Waals surface area (Å²) >= 11 is 0. The third-order valence-electron chi connectivity index (χ3n) is 5.63. The molecule has 6 nitrogen and oxygen atoms in total. The highest BCUT2D eigenvalue weighted by Gasteiger charge is 2.39. The number of carbonyl (C=O) groups excluding carboxylic acids is 1. The largest absolute Gasteiger partial charge is 0.463 e. The highest BCUT2D eigenvalue weighted by molar-refractivity contribution is 5.69. The second kappa shape index (κ2) is 17.7. The van der Waals surface area contributed by atoms with Gasteiger partial charge in [0.05, 0.1) is 6.61 Å². The van der Waals surface area contributed by atoms with E-state index in [0.717, 1.165) is 25.7 Å². The van der Waals surface area contributed by atoms with Crippen molar-refractivity contribution in [3.05, 3.63) is 12.2 Å². The molecule has 0 spiro atoms. The van der Waals surface area contributed by atoms with Crippen LogP contribution in [0.25, 0.3) is 0 Å². The Morgan fingerprint density at radius 1 is 0.967 bits per heavy atom. The van der Waals surface area contributed by atoms with E-state index in [4.69, 9.17) is 9.47 Å². The summed E-state index contributed by atoms with van der Waals surface area (Å²) < 4.78 is 10.2. The number of hydrogen-bond acceptors (Lipinski definition) is 6. The van der Waals surface area contributed by atoms with Crippen LogP contribution in [0.5, 0.6) is 0 Å². The number of hydrogen-bond donors (Lipinski definition) is 3. The van der Waals surface area contributed by atoms with E-state index in [2.05, 4.69) is 19.1 Å². The number of esters is 1. The minimum atomic E-state index is -1.15. The fraction of sp³-hybridized carbons (Fsp3) is 0.875. The SMILES string of the molecule is CCCCCCCC/C=C/CCCCCCCC(=O)OC[C@@H](O)[C@H]1OC[C@H](O)[C@H]1O. The molecule has 0 aromatic rings. The Balaban J connectivity index is 1.87. The fourth-order valence-corrected chi connectivity index (χ4v) is 3.65. The fourth-order valence-electron chi connectivity index (χ4n) is 3.65. The van der Waals surface area contributed by atoms with Gasteiger partial charge in [0.1, 0.15) is 31.0 Å². The molecule has 0 aromatic carbocycles. The number of unbranched alkanes of at least 4 members (excludes halogenated alkanes) is 11. The highest BCUT2D eigenvalue weighted by Crippen LogP contribution is 2.18. The van der Waals surface area contributed by atoms with E-state index in [1.165, 1.54) is 57.8 Å². The van der Waals surface area contributed by atoms with E-state index in [1.807, 2.05) is 0 Å². The molecule has 0 unspecified atom stereocenters. The number of ether oxygens (including phenoxy) is 2. The highest BCUT2D eigenvalue weighted by atomic mass is 16.6. The second-order valence-electron chi connectivity index (χ2n) is 8.44. The smallest absolute Gasteiger partial charge is 0.305 e. The molecule has 0 saturated carbocycles. The molecule has 0 bridgehead atoms. The molecule has 0 amide bonds. The molecular weight excluding hydrogens is 384 g/mol. The van der Waals surface area contributed by atoms with Crippen LogP contribution in [0.3, 0.4) is 0 Å². The van der Waals surface area contributed by atoms with Crippen molar-refractivity contribution in [1.29, 1.82) is 0 Å². The first-order chi connectivity index (χ1) is 14.6. The van der Waals surface area contributed by atoms with Crippen molar-refractivity contribution in [1.82, 2.24) is 0 Å². The Labute approximate surface area is 182 Å². The van der Waals surface area contributed by atoms with Crippen LogP contribution in [0, 0.1) is 0 Å². The molecule has 1 aliphatic rings. The van der Waals surface area contributed by atoms with Crippen molar-refractivity contribution in [3.8, 4) is 0 Å². The zero-order valence-electron chi connectivity index (χ0n) is 18.8. The maximum absolute atomic E-state index is 11.7. The van der Waals surface area contributed by atoms with Crippen LogP contribution >= 0.6 is 0 Å². The van der Waals surface area contributed by atoms with Crippen molar-refractivity contribution in [3.63, 3.8) is 0 Å². The van der Waals surface area contributed by atoms with E-state index in [-0.39, 0.29) is 19.2 Å². The third-order valence-corrected chi connectivity index (χ3v) is 5.63. The van der Waals surface area contributed by atoms with Crippen LogP contribution in [-0.2, 0) is 14.3 Å². The summed E-state index contributed by atoms with van der Waals surface area (Å²) in [7, 11) is 0. The Morgan fingerprint density at radius 2 is 1.53 bits per heavy atom. The Hall–Kier alpha value is -0.950. The number of carbonyl (C=O) groups is 1. The zero-order valence-corrected chi connectivity index (χ0v) is 18.8. The van der Waals surface area contributed by atoms with E-state index in [0.29, 0.717) is 6.42 Å². The summed E-state index contributed by atoms with van der Waals surface area (Å²) in [6, 6.07) is 0. The first kappa shape index (κ1) is 27.1. The van der Waals surface area contributed by atoms with E-state index in [9.17, 15) is 20.1 Å². The minimum Gasteiger partial charge on any atom is -0.463 e. The van der Waals surface area contributed by atoms with Gasteiger partial charge < -0.3 is 24.8 Å². The van der Waals surface area contributed by atoms with Gasteiger partial charge in [-0.2, -0.15) is 0 Å². The summed E-state index contributed by atoms with van der Waals surface area (Å²) in [5, 5.41) is 29.0. The van der Waals surface area contributed by atoms with Gasteiger partial charge in [0, 0.05) is 6.42 Å². The number of rotatable bonds is 18. The van der Waals surface area contributed by atoms with Crippen LogP contribution in [0.15, 0.2) is 12.2 Å². The van der Waals surface area contributed by atoms with Gasteiger partial charge in [-0.05, 0) is 32.1 Å². The third kappa shape index (κ3) is 12.7. The normalized spacial score (nSPS) is 22.6. The van der Waals surface area contributed by atoms with Crippen LogP contribution < -0.4 is 0 Å². The van der Waals surface area contributed by atoms with Gasteiger partial charge in [-0.25, -0.2) is 0 Å². The van der Waals surface area contributed by atoms with Crippen LogP contribution in [0.1, 0.15) is 96.8 Å². The molecular formula is C24H44O6. The first-order valence-corrected chi connectivity index (χ1v) is 12.0. The summed E-state index contributed by atoms with van der Waals surface area (Å²) in [4.78, 5) is 11.7. The summed E-state index contributed by atoms with van der Waals surface area (Å²) in [6.07, 6.45) is 16.5. The van der Waals surface area contributed by atoms with Gasteiger partial charge in [-0.15, -0.1) is 0 Å². The molecule has 0 aromatic heterocycles. The van der Waals surface area contributed by atoms with Gasteiger partial charge in [0.15, 0.2) is 0 Å². The number of aliphatic hydroxyl groups is 3. The molecule has 0 aliphatic carbocycles. The van der Waals surface area contributed by atoms with Crippen molar-refractivity contribution in [2.45, 2.75) is 121 Å². The van der Waals surface area contributed by atoms with E-state index >= 15 is 0 Å². The molecule has 1 saturated heterocycles. The van der Waals surface area contributed by atoms with Crippen molar-refractivity contribution >= 4 is 5.97 Å². The monoisotopic (exact) mass is 428 g/mol. The lowest BCUT2D eigenvalue weighted by Gasteiger charge is -2.20. The predicted molar refractivity (Wildman–Crippen MR) is 118 cm³/mol. The molecule has 6 heteroatoms. The molecule has 1 fully saturated rings. The molecule has 176 valence electrons. The van der Waals surface area contributed by atoms with E-state index < -0.39 is 24.4 Å².